The smallest absolute Gasteiger partial charge is 0.358 e. The molecule has 9 nitrogen and oxygen atoms in total. The molecule has 0 bridgehead atoms. The van der Waals surface area contributed by atoms with Crippen LogP contribution in [0.15, 0.2) is 11.1 Å². The molecule has 3 aliphatic heterocycles. The fourth-order valence-electron chi connectivity index (χ4n) is 4.06. The first-order chi connectivity index (χ1) is 14.7. The third kappa shape index (κ3) is 3.85. The molecular formula is C20H26N6O3S. The molecule has 0 aliphatic carbocycles. The van der Waals surface area contributed by atoms with E-state index in [1.54, 1.807) is 13.1 Å². The van der Waals surface area contributed by atoms with E-state index >= 15 is 0 Å². The van der Waals surface area contributed by atoms with Gasteiger partial charge in [0.2, 0.25) is 5.95 Å². The minimum Gasteiger partial charge on any atom is -0.461 e. The Hall–Kier alpha value is -2.33. The van der Waals surface area contributed by atoms with Crippen LogP contribution < -0.4 is 10.2 Å². The molecule has 0 saturated carbocycles. The second-order valence-corrected chi connectivity index (χ2v) is 8.76. The summed E-state index contributed by atoms with van der Waals surface area (Å²) >= 11 is 1.83. The van der Waals surface area contributed by atoms with E-state index in [1.165, 1.54) is 4.90 Å². The lowest BCUT2D eigenvalue weighted by molar-refractivity contribution is 0.0520. The summed E-state index contributed by atoms with van der Waals surface area (Å²) in [4.78, 5) is 29.6. The Morgan fingerprint density at radius 3 is 3.00 bits per heavy atom. The van der Waals surface area contributed by atoms with Crippen molar-refractivity contribution in [3.05, 3.63) is 23.4 Å². The van der Waals surface area contributed by atoms with Gasteiger partial charge in [-0.3, -0.25) is 0 Å². The van der Waals surface area contributed by atoms with Gasteiger partial charge in [0.05, 0.1) is 23.7 Å². The maximum Gasteiger partial charge on any atom is 0.358 e. The lowest BCUT2D eigenvalue weighted by Gasteiger charge is -2.29. The fourth-order valence-corrected chi connectivity index (χ4v) is 5.11. The van der Waals surface area contributed by atoms with Crippen molar-refractivity contribution in [2.75, 3.05) is 42.3 Å². The van der Waals surface area contributed by atoms with E-state index in [4.69, 9.17) is 19.4 Å². The predicted octanol–water partition coefficient (Wildman–Crippen LogP) is 2.11. The maximum atomic E-state index is 12.0. The summed E-state index contributed by atoms with van der Waals surface area (Å²) in [6, 6.07) is 0.388. The fraction of sp³-hybridized carbons (Fsp3) is 0.600. The van der Waals surface area contributed by atoms with Gasteiger partial charge in [-0.15, -0.1) is 11.8 Å². The molecule has 0 unspecified atom stereocenters. The van der Waals surface area contributed by atoms with E-state index in [1.807, 2.05) is 16.3 Å². The van der Waals surface area contributed by atoms with E-state index in [0.29, 0.717) is 24.9 Å². The van der Waals surface area contributed by atoms with Crippen LogP contribution in [-0.4, -0.2) is 63.6 Å². The minimum atomic E-state index is -0.375. The van der Waals surface area contributed by atoms with Gasteiger partial charge in [0.25, 0.3) is 0 Å². The normalized spacial score (nSPS) is 18.8. The number of imidazole rings is 1. The molecule has 2 aromatic rings. The van der Waals surface area contributed by atoms with Crippen LogP contribution in [0.5, 0.6) is 0 Å². The van der Waals surface area contributed by atoms with Gasteiger partial charge >= 0.3 is 5.97 Å². The molecule has 1 fully saturated rings. The number of rotatable bonds is 5. The molecule has 30 heavy (non-hydrogen) atoms. The zero-order chi connectivity index (χ0) is 20.5. The largest absolute Gasteiger partial charge is 0.461 e. The van der Waals surface area contributed by atoms with Crippen LogP contribution in [0.1, 0.15) is 41.8 Å². The van der Waals surface area contributed by atoms with Crippen molar-refractivity contribution in [1.29, 1.82) is 0 Å². The van der Waals surface area contributed by atoms with Crippen molar-refractivity contribution in [3.8, 4) is 0 Å². The van der Waals surface area contributed by atoms with Crippen LogP contribution in [0.4, 0.5) is 11.8 Å². The van der Waals surface area contributed by atoms with Gasteiger partial charge < -0.3 is 24.3 Å². The molecule has 0 spiro atoms. The third-order valence-corrected chi connectivity index (χ3v) is 6.77. The van der Waals surface area contributed by atoms with Gasteiger partial charge in [-0.25, -0.2) is 14.8 Å². The Bertz CT molecular complexity index is 943. The Morgan fingerprint density at radius 1 is 1.30 bits per heavy atom. The lowest BCUT2D eigenvalue weighted by atomic mass is 10.1. The highest BCUT2D eigenvalue weighted by atomic mass is 32.2. The van der Waals surface area contributed by atoms with Crippen LogP contribution in [0.25, 0.3) is 0 Å². The highest BCUT2D eigenvalue weighted by Crippen LogP contribution is 2.37. The topological polar surface area (TPSA) is 94.4 Å². The quantitative estimate of drug-likeness (QED) is 0.716. The summed E-state index contributed by atoms with van der Waals surface area (Å²) in [5.74, 6) is 3.19. The van der Waals surface area contributed by atoms with Gasteiger partial charge in [0.1, 0.15) is 11.6 Å². The van der Waals surface area contributed by atoms with Crippen molar-refractivity contribution < 1.29 is 14.3 Å². The summed E-state index contributed by atoms with van der Waals surface area (Å²) in [6.07, 6.45) is 4.74. The Labute approximate surface area is 179 Å². The summed E-state index contributed by atoms with van der Waals surface area (Å²) in [5.41, 5.74) is 1.49. The molecular weight excluding hydrogens is 404 g/mol. The third-order valence-electron chi connectivity index (χ3n) is 5.64. The standard InChI is InChI=1S/C20H26N6O3S/c1-2-29-19(27)15-11-25-6-7-26(12-16(25)22-15)20-23-14-5-10-30-17(14)18(24-20)21-13-3-8-28-9-4-13/h11,13H,2-10,12H2,1H3,(H,21,23,24). The number of anilines is 2. The van der Waals surface area contributed by atoms with Crippen LogP contribution in [0.2, 0.25) is 0 Å². The van der Waals surface area contributed by atoms with E-state index < -0.39 is 0 Å². The number of nitrogens with one attached hydrogen (secondary N) is 1. The number of carbonyl (C=O) groups is 1. The van der Waals surface area contributed by atoms with Crippen molar-refractivity contribution >= 4 is 29.5 Å². The number of esters is 1. The van der Waals surface area contributed by atoms with E-state index in [0.717, 1.165) is 74.6 Å². The molecule has 5 heterocycles. The number of hydrogen-bond donors (Lipinski definition) is 1. The zero-order valence-corrected chi connectivity index (χ0v) is 17.9. The molecule has 1 N–H and O–H groups in total. The second kappa shape index (κ2) is 8.43. The van der Waals surface area contributed by atoms with Crippen LogP contribution in [0.3, 0.4) is 0 Å². The minimum absolute atomic E-state index is 0.344. The number of fused-ring (bicyclic) bond motifs is 2. The number of nitrogens with zero attached hydrogens (tertiary/aromatic N) is 5. The average Bonchev–Trinajstić information content (AvgIpc) is 3.41. The molecule has 2 aromatic heterocycles. The number of aromatic nitrogens is 4. The molecule has 0 amide bonds. The highest BCUT2D eigenvalue weighted by Gasteiger charge is 2.27. The van der Waals surface area contributed by atoms with Gasteiger partial charge in [-0.05, 0) is 19.8 Å². The second-order valence-electron chi connectivity index (χ2n) is 7.66. The molecule has 0 atom stereocenters. The van der Waals surface area contributed by atoms with Gasteiger partial charge in [-0.2, -0.15) is 4.98 Å². The first-order valence-electron chi connectivity index (χ1n) is 10.6. The Kier molecular flexibility index (Phi) is 5.51. The van der Waals surface area contributed by atoms with Gasteiger partial charge in [0, 0.05) is 50.7 Å². The average molecular weight is 431 g/mol. The zero-order valence-electron chi connectivity index (χ0n) is 17.1. The number of thioether (sulfide) groups is 1. The van der Waals surface area contributed by atoms with Crippen LogP contribution in [-0.2, 0) is 29.0 Å². The van der Waals surface area contributed by atoms with Crippen LogP contribution in [0, 0.1) is 0 Å². The molecule has 160 valence electrons. The van der Waals surface area contributed by atoms with E-state index in [9.17, 15) is 4.79 Å². The number of ether oxygens (including phenoxy) is 2. The SMILES string of the molecule is CCOC(=O)c1cn2c(n1)CN(c1nc3c(c(NC4CCOCC4)n1)SCC3)CC2. The van der Waals surface area contributed by atoms with Crippen molar-refractivity contribution in [3.63, 3.8) is 0 Å². The summed E-state index contributed by atoms with van der Waals surface area (Å²) in [5, 5.41) is 3.65. The van der Waals surface area contributed by atoms with Crippen molar-refractivity contribution in [1.82, 2.24) is 19.5 Å². The predicted molar refractivity (Wildman–Crippen MR) is 113 cm³/mol. The number of aryl methyl sites for hydroxylation is 1. The number of hydrogen-bond acceptors (Lipinski definition) is 9. The summed E-state index contributed by atoms with van der Waals surface area (Å²) < 4.78 is 12.6. The molecule has 0 radical (unpaired) electrons. The lowest BCUT2D eigenvalue weighted by Crippen LogP contribution is -2.35. The Morgan fingerprint density at radius 2 is 2.17 bits per heavy atom. The van der Waals surface area contributed by atoms with E-state index in [2.05, 4.69) is 15.2 Å². The van der Waals surface area contributed by atoms with E-state index in [-0.39, 0.29) is 5.97 Å². The summed E-state index contributed by atoms with van der Waals surface area (Å²) in [6.45, 7) is 5.81. The van der Waals surface area contributed by atoms with Crippen LogP contribution >= 0.6 is 11.8 Å². The first-order valence-corrected chi connectivity index (χ1v) is 11.6. The van der Waals surface area contributed by atoms with Gasteiger partial charge in [-0.1, -0.05) is 0 Å². The van der Waals surface area contributed by atoms with Crippen molar-refractivity contribution in [2.45, 2.75) is 50.2 Å². The highest BCUT2D eigenvalue weighted by molar-refractivity contribution is 7.99. The molecule has 1 saturated heterocycles. The Balaban J connectivity index is 1.38. The first kappa shape index (κ1) is 19.6. The maximum absolute atomic E-state index is 12.0. The molecule has 3 aliphatic rings. The number of carbonyl (C=O) groups excluding carboxylic acids is 1. The molecule has 5 rings (SSSR count). The summed E-state index contributed by atoms with van der Waals surface area (Å²) in [7, 11) is 0. The molecule has 10 heteroatoms. The monoisotopic (exact) mass is 430 g/mol. The molecule has 0 aromatic carbocycles. The van der Waals surface area contributed by atoms with Gasteiger partial charge in [0.15, 0.2) is 5.69 Å². The van der Waals surface area contributed by atoms with Crippen molar-refractivity contribution in [2.24, 2.45) is 0 Å².